The van der Waals surface area contributed by atoms with Gasteiger partial charge in [-0.15, -0.1) is 0 Å². The van der Waals surface area contributed by atoms with Gasteiger partial charge in [0.05, 0.1) is 6.07 Å². The molecule has 0 aromatic carbocycles. The van der Waals surface area contributed by atoms with Gasteiger partial charge in [0.25, 0.3) is 5.91 Å². The van der Waals surface area contributed by atoms with E-state index >= 15 is 0 Å². The number of rotatable bonds is 5. The van der Waals surface area contributed by atoms with Crippen molar-refractivity contribution < 1.29 is 9.18 Å². The van der Waals surface area contributed by atoms with Crippen LogP contribution in [0, 0.1) is 17.3 Å². The summed E-state index contributed by atoms with van der Waals surface area (Å²) in [6, 6.07) is 6.09. The van der Waals surface area contributed by atoms with Crippen molar-refractivity contribution >= 4 is 5.91 Å². The van der Waals surface area contributed by atoms with E-state index in [0.717, 1.165) is 12.8 Å². The smallest absolute Gasteiger partial charge is 0.269 e. The van der Waals surface area contributed by atoms with Crippen LogP contribution in [-0.4, -0.2) is 17.4 Å². The lowest BCUT2D eigenvalue weighted by molar-refractivity contribution is 0.0947. The monoisotopic (exact) mass is 221 g/mol. The predicted octanol–water partition coefficient (Wildman–Crippen LogP) is 1.64. The molecule has 1 heterocycles. The molecular formula is C11H12FN3O. The molecule has 0 aliphatic carbocycles. The van der Waals surface area contributed by atoms with Gasteiger partial charge in [-0.3, -0.25) is 4.79 Å². The van der Waals surface area contributed by atoms with E-state index in [2.05, 4.69) is 10.3 Å². The fourth-order valence-corrected chi connectivity index (χ4v) is 1.16. The van der Waals surface area contributed by atoms with Crippen molar-refractivity contribution in [1.29, 1.82) is 5.26 Å². The molecule has 0 atom stereocenters. The zero-order valence-electron chi connectivity index (χ0n) is 8.74. The third-order valence-electron chi connectivity index (χ3n) is 1.95. The van der Waals surface area contributed by atoms with Gasteiger partial charge in [0.2, 0.25) is 5.95 Å². The molecule has 1 aromatic heterocycles. The SMILES string of the molecule is N#CCCCCNC(=O)c1cccc(F)n1. The van der Waals surface area contributed by atoms with Gasteiger partial charge in [-0.25, -0.2) is 4.98 Å². The number of nitrogens with zero attached hydrogens (tertiary/aromatic N) is 2. The molecule has 5 heteroatoms. The standard InChI is InChI=1S/C11H12FN3O/c12-10-6-4-5-9(15-10)11(16)14-8-3-1-2-7-13/h4-6H,1-3,8H2,(H,14,16). The van der Waals surface area contributed by atoms with Crippen molar-refractivity contribution in [3.8, 4) is 6.07 Å². The third-order valence-corrected chi connectivity index (χ3v) is 1.95. The van der Waals surface area contributed by atoms with Crippen molar-refractivity contribution in [1.82, 2.24) is 10.3 Å². The number of hydrogen-bond acceptors (Lipinski definition) is 3. The molecule has 0 saturated carbocycles. The highest BCUT2D eigenvalue weighted by molar-refractivity contribution is 5.92. The van der Waals surface area contributed by atoms with E-state index in [4.69, 9.17) is 5.26 Å². The quantitative estimate of drug-likeness (QED) is 0.607. The maximum absolute atomic E-state index is 12.7. The van der Waals surface area contributed by atoms with Crippen molar-refractivity contribution in [3.63, 3.8) is 0 Å². The molecular weight excluding hydrogens is 209 g/mol. The first kappa shape index (κ1) is 12.1. The average Bonchev–Trinajstić information content (AvgIpc) is 2.28. The van der Waals surface area contributed by atoms with E-state index in [1.165, 1.54) is 18.2 Å². The van der Waals surface area contributed by atoms with Gasteiger partial charge in [-0.05, 0) is 25.0 Å². The highest BCUT2D eigenvalue weighted by Crippen LogP contribution is 1.98. The van der Waals surface area contributed by atoms with Crippen molar-refractivity contribution in [3.05, 3.63) is 29.8 Å². The molecule has 0 spiro atoms. The summed E-state index contributed by atoms with van der Waals surface area (Å²) >= 11 is 0. The minimum absolute atomic E-state index is 0.0697. The summed E-state index contributed by atoms with van der Waals surface area (Å²) in [7, 11) is 0. The minimum Gasteiger partial charge on any atom is -0.351 e. The van der Waals surface area contributed by atoms with Crippen molar-refractivity contribution in [2.24, 2.45) is 0 Å². The average molecular weight is 221 g/mol. The number of unbranched alkanes of at least 4 members (excludes halogenated alkanes) is 2. The lowest BCUT2D eigenvalue weighted by Gasteiger charge is -2.03. The molecule has 0 aliphatic heterocycles. The van der Waals surface area contributed by atoms with Crippen LogP contribution in [0.3, 0.4) is 0 Å². The van der Waals surface area contributed by atoms with Crippen LogP contribution in [0.2, 0.25) is 0 Å². The molecule has 0 bridgehead atoms. The summed E-state index contributed by atoms with van der Waals surface area (Å²) < 4.78 is 12.7. The third kappa shape index (κ3) is 4.05. The van der Waals surface area contributed by atoms with Crippen molar-refractivity contribution in [2.75, 3.05) is 6.54 Å². The fourth-order valence-electron chi connectivity index (χ4n) is 1.16. The number of nitriles is 1. The first-order chi connectivity index (χ1) is 7.74. The second-order valence-electron chi connectivity index (χ2n) is 3.22. The first-order valence-electron chi connectivity index (χ1n) is 5.02. The number of nitrogens with one attached hydrogen (secondary N) is 1. The Morgan fingerprint density at radius 2 is 2.31 bits per heavy atom. The number of amides is 1. The van der Waals surface area contributed by atoms with Crippen molar-refractivity contribution in [2.45, 2.75) is 19.3 Å². The zero-order valence-corrected chi connectivity index (χ0v) is 8.74. The Bertz CT molecular complexity index is 400. The molecule has 1 N–H and O–H groups in total. The molecule has 84 valence electrons. The van der Waals surface area contributed by atoms with E-state index < -0.39 is 11.9 Å². The highest BCUT2D eigenvalue weighted by Gasteiger charge is 2.06. The number of hydrogen-bond donors (Lipinski definition) is 1. The normalized spacial score (nSPS) is 9.50. The summed E-state index contributed by atoms with van der Waals surface area (Å²) in [4.78, 5) is 14.9. The second kappa shape index (κ2) is 6.51. The fraction of sp³-hybridized carbons (Fsp3) is 0.364. The Morgan fingerprint density at radius 3 is 3.00 bits per heavy atom. The molecule has 1 rings (SSSR count). The first-order valence-corrected chi connectivity index (χ1v) is 5.02. The lowest BCUT2D eigenvalue weighted by atomic mass is 10.2. The van der Waals surface area contributed by atoms with E-state index in [9.17, 15) is 9.18 Å². The largest absolute Gasteiger partial charge is 0.351 e. The minimum atomic E-state index is -0.669. The Kier molecular flexibility index (Phi) is 4.93. The molecule has 4 nitrogen and oxygen atoms in total. The Hall–Kier alpha value is -1.96. The van der Waals surface area contributed by atoms with Crippen LogP contribution in [0.4, 0.5) is 4.39 Å². The maximum atomic E-state index is 12.7. The Balaban J connectivity index is 2.33. The summed E-state index contributed by atoms with van der Waals surface area (Å²) in [6.45, 7) is 0.471. The van der Waals surface area contributed by atoms with Crippen LogP contribution < -0.4 is 5.32 Å². The topological polar surface area (TPSA) is 65.8 Å². The molecule has 16 heavy (non-hydrogen) atoms. The zero-order chi connectivity index (χ0) is 11.8. The summed E-state index contributed by atoms with van der Waals surface area (Å²) in [6.07, 6.45) is 1.95. The number of pyridine rings is 1. The number of aromatic nitrogens is 1. The van der Waals surface area contributed by atoms with E-state index in [0.29, 0.717) is 13.0 Å². The summed E-state index contributed by atoms with van der Waals surface area (Å²) in [5.41, 5.74) is 0.0697. The molecule has 0 unspecified atom stereocenters. The van der Waals surface area contributed by atoms with E-state index in [1.54, 1.807) is 0 Å². The molecule has 1 amide bonds. The molecule has 0 aliphatic rings. The van der Waals surface area contributed by atoms with Crippen LogP contribution in [0.5, 0.6) is 0 Å². The predicted molar refractivity (Wildman–Crippen MR) is 56.0 cm³/mol. The Morgan fingerprint density at radius 1 is 1.50 bits per heavy atom. The number of halogens is 1. The van der Waals surface area contributed by atoms with Gasteiger partial charge in [0.1, 0.15) is 5.69 Å². The summed E-state index contributed by atoms with van der Waals surface area (Å²) in [5, 5.41) is 10.9. The number of carbonyl (C=O) groups excluding carboxylic acids is 1. The number of carbonyl (C=O) groups is 1. The lowest BCUT2D eigenvalue weighted by Crippen LogP contribution is -2.25. The van der Waals surface area contributed by atoms with E-state index in [-0.39, 0.29) is 5.69 Å². The van der Waals surface area contributed by atoms with E-state index in [1.807, 2.05) is 6.07 Å². The summed E-state index contributed by atoms with van der Waals surface area (Å²) in [5.74, 6) is -1.06. The van der Waals surface area contributed by atoms with Gasteiger partial charge >= 0.3 is 0 Å². The van der Waals surface area contributed by atoms with Crippen LogP contribution in [0.15, 0.2) is 18.2 Å². The molecule has 0 fully saturated rings. The van der Waals surface area contributed by atoms with Gasteiger partial charge in [0.15, 0.2) is 0 Å². The van der Waals surface area contributed by atoms with Gasteiger partial charge in [0, 0.05) is 13.0 Å². The molecule has 1 aromatic rings. The van der Waals surface area contributed by atoms with Crippen LogP contribution in [0.25, 0.3) is 0 Å². The van der Waals surface area contributed by atoms with Gasteiger partial charge in [-0.1, -0.05) is 6.07 Å². The van der Waals surface area contributed by atoms with Crippen LogP contribution >= 0.6 is 0 Å². The molecule has 0 saturated heterocycles. The second-order valence-corrected chi connectivity index (χ2v) is 3.22. The molecule has 0 radical (unpaired) electrons. The van der Waals surface area contributed by atoms with Crippen LogP contribution in [-0.2, 0) is 0 Å². The van der Waals surface area contributed by atoms with Gasteiger partial charge in [-0.2, -0.15) is 9.65 Å². The Labute approximate surface area is 93.1 Å². The van der Waals surface area contributed by atoms with Crippen LogP contribution in [0.1, 0.15) is 29.8 Å². The highest BCUT2D eigenvalue weighted by atomic mass is 19.1. The maximum Gasteiger partial charge on any atom is 0.269 e. The van der Waals surface area contributed by atoms with Gasteiger partial charge < -0.3 is 5.32 Å².